The fourth-order valence-corrected chi connectivity index (χ4v) is 7.28. The lowest BCUT2D eigenvalue weighted by molar-refractivity contribution is 0.858. The van der Waals surface area contributed by atoms with Gasteiger partial charge in [-0.3, -0.25) is 4.98 Å². The van der Waals surface area contributed by atoms with Crippen LogP contribution >= 0.6 is 0 Å². The Hall–Kier alpha value is -6.78. The lowest BCUT2D eigenvalue weighted by Crippen LogP contribution is -2.08. The average Bonchev–Trinajstić information content (AvgIpc) is 3.24. The van der Waals surface area contributed by atoms with Gasteiger partial charge in [-0.2, -0.15) is 0 Å². The molecular weight excluding hydrogens is 633 g/mol. The minimum absolute atomic E-state index is 0.126. The van der Waals surface area contributed by atoms with Crippen LogP contribution in [0.1, 0.15) is 17.9 Å². The first-order valence-electron chi connectivity index (χ1n) is 17.7. The number of fused-ring (bicyclic) bond motifs is 1. The van der Waals surface area contributed by atoms with Gasteiger partial charge in [0, 0.05) is 34.2 Å². The molecule has 2 heterocycles. The van der Waals surface area contributed by atoms with Gasteiger partial charge >= 0.3 is 0 Å². The molecule has 1 aliphatic carbocycles. The summed E-state index contributed by atoms with van der Waals surface area (Å²) in [6, 6.07) is 55.0. The summed E-state index contributed by atoms with van der Waals surface area (Å²) >= 11 is 0. The molecule has 0 N–H and O–H groups in total. The summed E-state index contributed by atoms with van der Waals surface area (Å²) in [6.45, 7) is 0. The maximum absolute atomic E-state index is 5.34. The highest BCUT2D eigenvalue weighted by atomic mass is 15.0. The number of allylic oxidation sites excluding steroid dienone is 4. The monoisotopic (exact) mass is 666 g/mol. The SMILES string of the molecule is C1=CCC(c2c(-c3ccccc3)c(-c3ccccc3)cc(-c3nc(-c4ccccc4)nc(-c4ccc5ncccc5c4)n3)c2-c2ccccc2)C=C1. The van der Waals surface area contributed by atoms with E-state index in [-0.39, 0.29) is 5.92 Å². The maximum Gasteiger partial charge on any atom is 0.164 e. The largest absolute Gasteiger partial charge is 0.256 e. The van der Waals surface area contributed by atoms with Crippen molar-refractivity contribution in [2.45, 2.75) is 12.3 Å². The number of hydrogen-bond donors (Lipinski definition) is 0. The Morgan fingerprint density at radius 2 is 1.02 bits per heavy atom. The highest BCUT2D eigenvalue weighted by Gasteiger charge is 2.28. The van der Waals surface area contributed by atoms with Crippen molar-refractivity contribution in [1.82, 2.24) is 19.9 Å². The second-order valence-electron chi connectivity index (χ2n) is 13.0. The van der Waals surface area contributed by atoms with Gasteiger partial charge in [-0.25, -0.2) is 15.0 Å². The predicted molar refractivity (Wildman–Crippen MR) is 213 cm³/mol. The second kappa shape index (κ2) is 13.9. The van der Waals surface area contributed by atoms with E-state index in [1.165, 1.54) is 16.7 Å². The molecule has 4 nitrogen and oxygen atoms in total. The lowest BCUT2D eigenvalue weighted by Gasteiger charge is -2.27. The molecule has 0 amide bonds. The van der Waals surface area contributed by atoms with E-state index in [4.69, 9.17) is 15.0 Å². The number of pyridine rings is 1. The zero-order valence-corrected chi connectivity index (χ0v) is 28.5. The van der Waals surface area contributed by atoms with Gasteiger partial charge in [-0.1, -0.05) is 152 Å². The zero-order chi connectivity index (χ0) is 34.7. The average molecular weight is 667 g/mol. The molecular formula is C48H34N4. The summed E-state index contributed by atoms with van der Waals surface area (Å²) in [6.07, 6.45) is 11.6. The van der Waals surface area contributed by atoms with Crippen LogP contribution < -0.4 is 0 Å². The van der Waals surface area contributed by atoms with E-state index in [0.29, 0.717) is 17.5 Å². The van der Waals surface area contributed by atoms with Crippen molar-refractivity contribution in [2.75, 3.05) is 0 Å². The fourth-order valence-electron chi connectivity index (χ4n) is 7.28. The van der Waals surface area contributed by atoms with Crippen LogP contribution in [0.15, 0.2) is 188 Å². The van der Waals surface area contributed by atoms with Crippen molar-refractivity contribution in [2.24, 2.45) is 0 Å². The Labute approximate surface area is 303 Å². The van der Waals surface area contributed by atoms with Crippen LogP contribution in [0.2, 0.25) is 0 Å². The minimum atomic E-state index is 0.126. The minimum Gasteiger partial charge on any atom is -0.256 e. The van der Waals surface area contributed by atoms with Crippen LogP contribution in [-0.4, -0.2) is 19.9 Å². The van der Waals surface area contributed by atoms with Crippen LogP contribution in [0, 0.1) is 0 Å². The molecule has 246 valence electrons. The van der Waals surface area contributed by atoms with Gasteiger partial charge in [0.25, 0.3) is 0 Å². The zero-order valence-electron chi connectivity index (χ0n) is 28.5. The summed E-state index contributed by atoms with van der Waals surface area (Å²) in [7, 11) is 0. The molecule has 1 unspecified atom stereocenters. The fraction of sp³-hybridized carbons (Fsp3) is 0.0417. The first-order valence-corrected chi connectivity index (χ1v) is 17.7. The van der Waals surface area contributed by atoms with Crippen LogP contribution in [0.3, 0.4) is 0 Å². The molecule has 0 aliphatic heterocycles. The van der Waals surface area contributed by atoms with Gasteiger partial charge in [0.1, 0.15) is 0 Å². The van der Waals surface area contributed by atoms with Gasteiger partial charge in [0.15, 0.2) is 17.5 Å². The summed E-state index contributed by atoms with van der Waals surface area (Å²) in [5.41, 5.74) is 11.9. The van der Waals surface area contributed by atoms with E-state index in [9.17, 15) is 0 Å². The van der Waals surface area contributed by atoms with Gasteiger partial charge in [-0.05, 0) is 75.7 Å². The number of nitrogens with zero attached hydrogens (tertiary/aromatic N) is 4. The van der Waals surface area contributed by atoms with Crippen molar-refractivity contribution in [3.8, 4) is 67.5 Å². The number of hydrogen-bond acceptors (Lipinski definition) is 4. The molecule has 52 heavy (non-hydrogen) atoms. The number of benzene rings is 6. The molecule has 0 saturated carbocycles. The van der Waals surface area contributed by atoms with E-state index >= 15 is 0 Å². The van der Waals surface area contributed by atoms with Gasteiger partial charge in [0.05, 0.1) is 5.52 Å². The van der Waals surface area contributed by atoms with E-state index in [1.54, 1.807) is 0 Å². The standard InChI is InChI=1S/C48H34N4/c1-6-17-33(18-7-1)40-32-41(44(35-21-10-3-11-22-35)45(36-23-12-4-13-24-36)43(40)34-19-8-2-9-20-34)48-51-46(37-25-14-5-15-26-37)50-47(52-48)39-28-29-42-38(31-39)27-16-30-49-42/h1-23,25-32,36H,24H2. The molecule has 0 fully saturated rings. The molecule has 9 rings (SSSR count). The van der Waals surface area contributed by atoms with Crippen LogP contribution in [0.25, 0.3) is 78.4 Å². The quantitative estimate of drug-likeness (QED) is 0.170. The van der Waals surface area contributed by atoms with Crippen molar-refractivity contribution in [3.05, 3.63) is 194 Å². The number of aromatic nitrogens is 4. The Balaban J connectivity index is 1.41. The van der Waals surface area contributed by atoms with Crippen LogP contribution in [-0.2, 0) is 0 Å². The molecule has 1 atom stereocenters. The molecule has 6 aromatic carbocycles. The van der Waals surface area contributed by atoms with Crippen molar-refractivity contribution < 1.29 is 0 Å². The smallest absolute Gasteiger partial charge is 0.164 e. The Morgan fingerprint density at radius 3 is 1.65 bits per heavy atom. The second-order valence-corrected chi connectivity index (χ2v) is 13.0. The van der Waals surface area contributed by atoms with Gasteiger partial charge in [-0.15, -0.1) is 0 Å². The normalized spacial score (nSPS) is 13.7. The van der Waals surface area contributed by atoms with Gasteiger partial charge in [0.2, 0.25) is 0 Å². The molecule has 0 radical (unpaired) electrons. The first-order chi connectivity index (χ1) is 25.8. The van der Waals surface area contributed by atoms with Crippen LogP contribution in [0.4, 0.5) is 0 Å². The third kappa shape index (κ3) is 6.01. The molecule has 2 aromatic heterocycles. The number of rotatable bonds is 7. The van der Waals surface area contributed by atoms with Crippen molar-refractivity contribution >= 4 is 10.9 Å². The molecule has 0 saturated heterocycles. The third-order valence-electron chi connectivity index (χ3n) is 9.70. The van der Waals surface area contributed by atoms with Crippen molar-refractivity contribution in [3.63, 3.8) is 0 Å². The van der Waals surface area contributed by atoms with E-state index < -0.39 is 0 Å². The Bertz CT molecular complexity index is 2580. The highest BCUT2D eigenvalue weighted by molar-refractivity contribution is 5.98. The van der Waals surface area contributed by atoms with Crippen molar-refractivity contribution in [1.29, 1.82) is 0 Å². The first kappa shape index (κ1) is 31.2. The summed E-state index contributed by atoms with van der Waals surface area (Å²) in [5, 5.41) is 1.03. The maximum atomic E-state index is 5.34. The van der Waals surface area contributed by atoms with E-state index in [0.717, 1.165) is 56.3 Å². The topological polar surface area (TPSA) is 51.6 Å². The van der Waals surface area contributed by atoms with E-state index in [2.05, 4.69) is 157 Å². The Kier molecular flexibility index (Phi) is 8.32. The molecule has 0 spiro atoms. The third-order valence-corrected chi connectivity index (χ3v) is 9.70. The molecule has 1 aliphatic rings. The van der Waals surface area contributed by atoms with Gasteiger partial charge < -0.3 is 0 Å². The lowest BCUT2D eigenvalue weighted by atomic mass is 9.76. The van der Waals surface area contributed by atoms with E-state index in [1.807, 2.05) is 36.5 Å². The highest BCUT2D eigenvalue weighted by Crippen LogP contribution is 2.49. The summed E-state index contributed by atoms with van der Waals surface area (Å²) < 4.78 is 0. The predicted octanol–water partition coefficient (Wildman–Crippen LogP) is 12.0. The molecule has 0 bridgehead atoms. The van der Waals surface area contributed by atoms with Crippen LogP contribution in [0.5, 0.6) is 0 Å². The molecule has 4 heteroatoms. The Morgan fingerprint density at radius 1 is 0.442 bits per heavy atom. The summed E-state index contributed by atoms with van der Waals surface area (Å²) in [5.74, 6) is 1.99. The molecule has 8 aromatic rings. The summed E-state index contributed by atoms with van der Waals surface area (Å²) in [4.78, 5) is 20.3.